The van der Waals surface area contributed by atoms with E-state index in [1.54, 1.807) is 0 Å². The van der Waals surface area contributed by atoms with E-state index in [0.29, 0.717) is 0 Å². The van der Waals surface area contributed by atoms with Crippen LogP contribution in [-0.2, 0) is 84.9 Å². The molecule has 0 N–H and O–H groups in total. The van der Waals surface area contributed by atoms with Crippen molar-refractivity contribution in [2.75, 3.05) is 0 Å². The van der Waals surface area contributed by atoms with Crippen molar-refractivity contribution in [2.45, 2.75) is 0 Å². The van der Waals surface area contributed by atoms with Crippen LogP contribution in [0.15, 0.2) is 0 Å². The van der Waals surface area contributed by atoms with Gasteiger partial charge in [0.1, 0.15) is 0 Å². The molecule has 0 heterocycles. The van der Waals surface area contributed by atoms with Crippen LogP contribution in [0.4, 0.5) is 0 Å². The Bertz CT molecular complexity index is 13.0. The quantitative estimate of drug-likeness (QED) is 0.379. The van der Waals surface area contributed by atoms with Crippen LogP contribution in [0.5, 0.6) is 0 Å². The van der Waals surface area contributed by atoms with Gasteiger partial charge in [0.05, 0.1) is 0 Å². The smallest absolute Gasteiger partial charge is 2.00 e. The SMILES string of the molecule is [Ce+4].[Hf+4].[O-2].[O-2].[O-2].[O-2].[O-2].[O-2].[Zr+4]. The molecule has 0 fully saturated rings. The maximum atomic E-state index is 0. The molecule has 0 saturated carbocycles. The zero-order valence-corrected chi connectivity index (χ0v) is 13.1. The average Bonchev–Trinajstić information content (AvgIpc) is 0. The summed E-state index contributed by atoms with van der Waals surface area (Å²) in [6.45, 7) is 0. The van der Waals surface area contributed by atoms with Gasteiger partial charge in [0, 0.05) is 0 Å². The van der Waals surface area contributed by atoms with Crippen molar-refractivity contribution in [3.63, 3.8) is 0 Å². The van der Waals surface area contributed by atoms with Crippen molar-refractivity contribution in [1.82, 2.24) is 0 Å². The minimum Gasteiger partial charge on any atom is -2.00 e. The Hall–Kier alpha value is 2.89. The topological polar surface area (TPSA) is 171 Å². The molecule has 9 heteroatoms. The van der Waals surface area contributed by atoms with Gasteiger partial charge < -0.3 is 32.9 Å². The van der Waals surface area contributed by atoms with Crippen molar-refractivity contribution < 1.29 is 127 Å². The molecule has 0 aromatic carbocycles. The molecule has 0 aromatic heterocycles. The first-order valence-corrected chi connectivity index (χ1v) is 0. The number of hydrogen-bond donors (Lipinski definition) is 0. The van der Waals surface area contributed by atoms with Gasteiger partial charge in [-0.25, -0.2) is 0 Å². The van der Waals surface area contributed by atoms with E-state index in [2.05, 4.69) is 0 Å². The van der Waals surface area contributed by atoms with Crippen molar-refractivity contribution in [1.29, 1.82) is 0 Å². The summed E-state index contributed by atoms with van der Waals surface area (Å²) in [6.07, 6.45) is 0. The van der Waals surface area contributed by atoms with E-state index in [9.17, 15) is 0 Å². The summed E-state index contributed by atoms with van der Waals surface area (Å²) in [5.74, 6) is 0. The Morgan fingerprint density at radius 1 is 0.444 bits per heavy atom. The first-order chi connectivity index (χ1) is 0. The molecule has 0 aliphatic heterocycles. The van der Waals surface area contributed by atoms with Gasteiger partial charge >= 0.3 is 93.8 Å². The molecule has 6 nitrogen and oxygen atoms in total. The first-order valence-electron chi connectivity index (χ1n) is 0. The molecule has 0 rings (SSSR count). The standard InChI is InChI=1S/Ce.Hf.6O.Zr/q2*+4;6*-2;+4. The van der Waals surface area contributed by atoms with Gasteiger partial charge in [-0.15, -0.1) is 0 Å². The maximum absolute atomic E-state index is 0. The van der Waals surface area contributed by atoms with Crippen molar-refractivity contribution in [3.8, 4) is 0 Å². The van der Waals surface area contributed by atoms with E-state index in [1.165, 1.54) is 0 Å². The third kappa shape index (κ3) is 103. The third-order valence-corrected chi connectivity index (χ3v) is 0. The van der Waals surface area contributed by atoms with E-state index < -0.39 is 0 Å². The number of rotatable bonds is 0. The van der Waals surface area contributed by atoms with Gasteiger partial charge in [-0.05, 0) is 0 Å². The monoisotopic (exact) mass is 506 g/mol. The Morgan fingerprint density at radius 2 is 0.444 bits per heavy atom. The zero-order chi connectivity index (χ0) is 0. The second-order valence-corrected chi connectivity index (χ2v) is 0. The summed E-state index contributed by atoms with van der Waals surface area (Å²) in [6, 6.07) is 0. The van der Waals surface area contributed by atoms with Crippen LogP contribution >= 0.6 is 0 Å². The molecule has 9 heavy (non-hydrogen) atoms. The zero-order valence-electron chi connectivity index (χ0n) is 3.95. The fraction of sp³-hybridized carbons (Fsp3) is 0. The molecule has 0 atom stereocenters. The second kappa shape index (κ2) is 128. The van der Waals surface area contributed by atoms with Gasteiger partial charge in [-0.2, -0.15) is 0 Å². The molecule has 0 radical (unpaired) electrons. The minimum atomic E-state index is 0. The Labute approximate surface area is 124 Å². The van der Waals surface area contributed by atoms with Crippen molar-refractivity contribution >= 4 is 0 Å². The molecule has 0 aromatic rings. The van der Waals surface area contributed by atoms with Gasteiger partial charge in [-0.1, -0.05) is 0 Å². The predicted octanol–water partition coefficient (Wildman–Crippen LogP) is -0.718. The third-order valence-electron chi connectivity index (χ3n) is 0. The van der Waals surface area contributed by atoms with Crippen LogP contribution in [0.25, 0.3) is 0 Å². The Balaban J connectivity index is 0. The minimum absolute atomic E-state index is 0. The second-order valence-electron chi connectivity index (χ2n) is 0. The fourth-order valence-corrected chi connectivity index (χ4v) is 0. The average molecular weight is 506 g/mol. The molecular weight excluding hydrogens is 506 g/mol. The summed E-state index contributed by atoms with van der Waals surface area (Å²) < 4.78 is 0. The Morgan fingerprint density at radius 3 is 0.444 bits per heavy atom. The Kier molecular flexibility index (Phi) is 2390. The first kappa shape index (κ1) is 169. The molecule has 0 saturated heterocycles. The van der Waals surface area contributed by atoms with E-state index in [1.807, 2.05) is 0 Å². The van der Waals surface area contributed by atoms with E-state index in [4.69, 9.17) is 0 Å². The van der Waals surface area contributed by atoms with Crippen molar-refractivity contribution in [3.05, 3.63) is 0 Å². The molecule has 0 amide bonds. The normalized spacial score (nSPS) is 0. The van der Waals surface area contributed by atoms with Crippen LogP contribution in [-0.4, -0.2) is 0 Å². The summed E-state index contributed by atoms with van der Waals surface area (Å²) >= 11 is 0. The number of hydrogen-bond acceptors (Lipinski definition) is 0. The molecule has 0 spiro atoms. The van der Waals surface area contributed by atoms with Gasteiger partial charge in [0.2, 0.25) is 0 Å². The molecule has 48 valence electrons. The summed E-state index contributed by atoms with van der Waals surface area (Å²) in [4.78, 5) is 0. The molecule has 0 bridgehead atoms. The van der Waals surface area contributed by atoms with E-state index in [-0.39, 0.29) is 127 Å². The van der Waals surface area contributed by atoms with Crippen LogP contribution in [0.2, 0.25) is 0 Å². The summed E-state index contributed by atoms with van der Waals surface area (Å²) in [5, 5.41) is 0. The van der Waals surface area contributed by atoms with Crippen LogP contribution < -0.4 is 0 Å². The largest absolute Gasteiger partial charge is 4.00 e. The molecule has 0 unspecified atom stereocenters. The maximum Gasteiger partial charge on any atom is 4.00 e. The summed E-state index contributed by atoms with van der Waals surface area (Å²) in [5.41, 5.74) is 0. The predicted molar refractivity (Wildman–Crippen MR) is 4.12 cm³/mol. The van der Waals surface area contributed by atoms with E-state index >= 15 is 0 Å². The summed E-state index contributed by atoms with van der Waals surface area (Å²) in [7, 11) is 0. The van der Waals surface area contributed by atoms with Crippen LogP contribution in [0.3, 0.4) is 0 Å². The van der Waals surface area contributed by atoms with Crippen LogP contribution in [0.1, 0.15) is 0 Å². The molecule has 0 aliphatic rings. The van der Waals surface area contributed by atoms with Gasteiger partial charge in [0.15, 0.2) is 0 Å². The molecule has 0 aliphatic carbocycles. The van der Waals surface area contributed by atoms with Gasteiger partial charge in [-0.3, -0.25) is 0 Å². The van der Waals surface area contributed by atoms with Gasteiger partial charge in [0.25, 0.3) is 0 Å². The fourth-order valence-electron chi connectivity index (χ4n) is 0. The van der Waals surface area contributed by atoms with E-state index in [0.717, 1.165) is 0 Å². The van der Waals surface area contributed by atoms with Crippen LogP contribution in [0, 0.1) is 41.7 Å². The molecular formula is CeHfO6Zr. The van der Waals surface area contributed by atoms with Crippen molar-refractivity contribution in [2.24, 2.45) is 0 Å².